The number of carbonyl (C=O) groups is 2. The molecule has 1 atom stereocenters. The van der Waals surface area contributed by atoms with E-state index in [0.29, 0.717) is 23.7 Å². The van der Waals surface area contributed by atoms with E-state index in [-0.39, 0.29) is 11.8 Å². The van der Waals surface area contributed by atoms with Crippen LogP contribution in [0.25, 0.3) is 0 Å². The van der Waals surface area contributed by atoms with Crippen molar-refractivity contribution in [3.63, 3.8) is 0 Å². The van der Waals surface area contributed by atoms with E-state index in [1.807, 2.05) is 9.58 Å². The number of urea groups is 1. The predicted molar refractivity (Wildman–Crippen MR) is 89.8 cm³/mol. The van der Waals surface area contributed by atoms with E-state index in [1.165, 1.54) is 13.3 Å². The first kappa shape index (κ1) is 16.2. The average molecular weight is 327 g/mol. The monoisotopic (exact) mass is 327 g/mol. The Labute approximate surface area is 140 Å². The highest BCUT2D eigenvalue weighted by molar-refractivity contribution is 5.96. The Morgan fingerprint density at radius 3 is 3.00 bits per heavy atom. The number of benzene rings is 1. The summed E-state index contributed by atoms with van der Waals surface area (Å²) in [6.45, 7) is 3.72. The lowest BCUT2D eigenvalue weighted by molar-refractivity contribution is 0.101. The molecule has 0 saturated carbocycles. The number of ketones is 1. The molecule has 1 aliphatic rings. The summed E-state index contributed by atoms with van der Waals surface area (Å²) in [7, 11) is 0. The Morgan fingerprint density at radius 2 is 2.25 bits per heavy atom. The lowest BCUT2D eigenvalue weighted by Gasteiger charge is -2.32. The number of anilines is 1. The molecule has 2 amide bonds. The van der Waals surface area contributed by atoms with E-state index in [9.17, 15) is 9.59 Å². The van der Waals surface area contributed by atoms with E-state index >= 15 is 0 Å². The molecule has 0 unspecified atom stereocenters. The van der Waals surface area contributed by atoms with Gasteiger partial charge in [-0.05, 0) is 37.8 Å². The fraction of sp³-hybridized carbons (Fsp3) is 0.412. The Kier molecular flexibility index (Phi) is 4.88. The lowest BCUT2D eigenvalue weighted by Crippen LogP contribution is -2.43. The molecule has 7 heteroatoms. The smallest absolute Gasteiger partial charge is 0.321 e. The van der Waals surface area contributed by atoms with Crippen LogP contribution in [-0.4, -0.2) is 44.6 Å². The van der Waals surface area contributed by atoms with Crippen molar-refractivity contribution in [1.82, 2.24) is 19.7 Å². The van der Waals surface area contributed by atoms with Crippen LogP contribution in [0.4, 0.5) is 10.5 Å². The van der Waals surface area contributed by atoms with Crippen molar-refractivity contribution in [2.45, 2.75) is 26.3 Å². The minimum absolute atomic E-state index is 0.0167. The Hall–Kier alpha value is -2.70. The molecule has 1 saturated heterocycles. The van der Waals surface area contributed by atoms with Crippen LogP contribution in [0, 0.1) is 5.92 Å². The SMILES string of the molecule is CC(=O)c1cccc(NC(=O)N2CCC[C@@H](Cn3cncn3)C2)c1. The van der Waals surface area contributed by atoms with Gasteiger partial charge in [0.15, 0.2) is 5.78 Å². The van der Waals surface area contributed by atoms with E-state index in [4.69, 9.17) is 0 Å². The Balaban J connectivity index is 1.60. The van der Waals surface area contributed by atoms with Crippen LogP contribution >= 0.6 is 0 Å². The number of piperidine rings is 1. The van der Waals surface area contributed by atoms with Crippen LogP contribution in [-0.2, 0) is 6.54 Å². The molecular weight excluding hydrogens is 306 g/mol. The first-order valence-corrected chi connectivity index (χ1v) is 8.11. The van der Waals surface area contributed by atoms with Crippen molar-refractivity contribution in [3.8, 4) is 0 Å². The second-order valence-corrected chi connectivity index (χ2v) is 6.14. The molecule has 2 aromatic rings. The van der Waals surface area contributed by atoms with Crippen LogP contribution in [0.3, 0.4) is 0 Å². The van der Waals surface area contributed by atoms with Gasteiger partial charge in [0.25, 0.3) is 0 Å². The van der Waals surface area contributed by atoms with Gasteiger partial charge in [-0.2, -0.15) is 5.10 Å². The molecule has 0 bridgehead atoms. The van der Waals surface area contributed by atoms with E-state index in [2.05, 4.69) is 15.4 Å². The summed E-state index contributed by atoms with van der Waals surface area (Å²) in [6.07, 6.45) is 5.27. The zero-order valence-electron chi connectivity index (χ0n) is 13.7. The Bertz CT molecular complexity index is 714. The van der Waals surface area contributed by atoms with Gasteiger partial charge in [-0.15, -0.1) is 0 Å². The summed E-state index contributed by atoms with van der Waals surface area (Å²) in [5.74, 6) is 0.353. The highest BCUT2D eigenvalue weighted by atomic mass is 16.2. The van der Waals surface area contributed by atoms with Crippen molar-refractivity contribution in [2.75, 3.05) is 18.4 Å². The van der Waals surface area contributed by atoms with Crippen LogP contribution in [0.5, 0.6) is 0 Å². The summed E-state index contributed by atoms with van der Waals surface area (Å²) in [5, 5.41) is 7.02. The number of amides is 2. The third kappa shape index (κ3) is 3.98. The summed E-state index contributed by atoms with van der Waals surface area (Å²) in [5.41, 5.74) is 1.24. The van der Waals surface area contributed by atoms with E-state index in [1.54, 1.807) is 30.6 Å². The normalized spacial score (nSPS) is 17.5. The quantitative estimate of drug-likeness (QED) is 0.875. The van der Waals surface area contributed by atoms with Crippen molar-refractivity contribution in [2.24, 2.45) is 5.92 Å². The van der Waals surface area contributed by atoms with Crippen LogP contribution in [0.1, 0.15) is 30.1 Å². The zero-order valence-corrected chi connectivity index (χ0v) is 13.7. The molecule has 7 nitrogen and oxygen atoms in total. The van der Waals surface area contributed by atoms with Crippen LogP contribution in [0.2, 0.25) is 0 Å². The zero-order chi connectivity index (χ0) is 16.9. The largest absolute Gasteiger partial charge is 0.324 e. The minimum Gasteiger partial charge on any atom is -0.324 e. The first-order chi connectivity index (χ1) is 11.6. The molecule has 1 fully saturated rings. The number of rotatable bonds is 4. The third-order valence-electron chi connectivity index (χ3n) is 4.24. The van der Waals surface area contributed by atoms with Gasteiger partial charge in [0.1, 0.15) is 12.7 Å². The van der Waals surface area contributed by atoms with Gasteiger partial charge in [-0.25, -0.2) is 9.78 Å². The topological polar surface area (TPSA) is 80.1 Å². The second-order valence-electron chi connectivity index (χ2n) is 6.14. The number of aromatic nitrogens is 3. The molecule has 0 radical (unpaired) electrons. The van der Waals surface area contributed by atoms with Crippen molar-refractivity contribution < 1.29 is 9.59 Å². The second kappa shape index (κ2) is 7.25. The summed E-state index contributed by atoms with van der Waals surface area (Å²) < 4.78 is 1.81. The molecule has 1 aromatic heterocycles. The van der Waals surface area contributed by atoms with Gasteiger partial charge in [-0.1, -0.05) is 12.1 Å². The predicted octanol–water partition coefficient (Wildman–Crippen LogP) is 2.42. The molecule has 2 heterocycles. The van der Waals surface area contributed by atoms with Crippen LogP contribution in [0.15, 0.2) is 36.9 Å². The number of carbonyl (C=O) groups excluding carboxylic acids is 2. The van der Waals surface area contributed by atoms with Gasteiger partial charge >= 0.3 is 6.03 Å². The number of nitrogens with one attached hydrogen (secondary N) is 1. The summed E-state index contributed by atoms with van der Waals surface area (Å²) >= 11 is 0. The fourth-order valence-corrected chi connectivity index (χ4v) is 3.01. The van der Waals surface area contributed by atoms with Gasteiger partial charge in [0, 0.05) is 30.9 Å². The maximum atomic E-state index is 12.5. The molecule has 126 valence electrons. The molecule has 1 N–H and O–H groups in total. The standard InChI is InChI=1S/C17H21N5O2/c1-13(23)15-5-2-6-16(8-15)20-17(24)21-7-3-4-14(9-21)10-22-12-18-11-19-22/h2,5-6,8,11-12,14H,3-4,7,9-10H2,1H3,(H,20,24)/t14-/m1/s1. The molecule has 0 spiro atoms. The van der Waals surface area contributed by atoms with Crippen molar-refractivity contribution >= 4 is 17.5 Å². The fourth-order valence-electron chi connectivity index (χ4n) is 3.01. The first-order valence-electron chi connectivity index (χ1n) is 8.11. The van der Waals surface area contributed by atoms with Gasteiger partial charge in [-0.3, -0.25) is 9.48 Å². The maximum Gasteiger partial charge on any atom is 0.321 e. The van der Waals surface area contributed by atoms with Gasteiger partial charge in [0.05, 0.1) is 0 Å². The van der Waals surface area contributed by atoms with Crippen molar-refractivity contribution in [3.05, 3.63) is 42.5 Å². The molecule has 3 rings (SSSR count). The highest BCUT2D eigenvalue weighted by Crippen LogP contribution is 2.19. The molecule has 1 aliphatic heterocycles. The Morgan fingerprint density at radius 1 is 1.38 bits per heavy atom. The minimum atomic E-state index is -0.126. The third-order valence-corrected chi connectivity index (χ3v) is 4.24. The molecule has 24 heavy (non-hydrogen) atoms. The maximum absolute atomic E-state index is 12.5. The summed E-state index contributed by atoms with van der Waals surface area (Å²) in [4.78, 5) is 29.7. The number of nitrogens with zero attached hydrogens (tertiary/aromatic N) is 4. The van der Waals surface area contributed by atoms with E-state index in [0.717, 1.165) is 25.9 Å². The number of hydrogen-bond acceptors (Lipinski definition) is 4. The molecule has 0 aliphatic carbocycles. The number of likely N-dealkylation sites (tertiary alicyclic amines) is 1. The van der Waals surface area contributed by atoms with Gasteiger partial charge in [0.2, 0.25) is 0 Å². The summed E-state index contributed by atoms with van der Waals surface area (Å²) in [6, 6.07) is 6.89. The molecule has 1 aromatic carbocycles. The van der Waals surface area contributed by atoms with Crippen molar-refractivity contribution in [1.29, 1.82) is 0 Å². The number of hydrogen-bond donors (Lipinski definition) is 1. The molecular formula is C17H21N5O2. The van der Waals surface area contributed by atoms with Gasteiger partial charge < -0.3 is 10.2 Å². The average Bonchev–Trinajstić information content (AvgIpc) is 3.08. The highest BCUT2D eigenvalue weighted by Gasteiger charge is 2.24. The lowest BCUT2D eigenvalue weighted by atomic mass is 9.98. The van der Waals surface area contributed by atoms with Crippen LogP contribution < -0.4 is 5.32 Å². The van der Waals surface area contributed by atoms with E-state index < -0.39 is 0 Å². The number of Topliss-reactive ketones (excluding diaryl/α,β-unsaturated/α-hetero) is 1.